The summed E-state index contributed by atoms with van der Waals surface area (Å²) >= 11 is 0. The van der Waals surface area contributed by atoms with Crippen LogP contribution in [0, 0.1) is 0 Å². The van der Waals surface area contributed by atoms with E-state index in [1.807, 2.05) is 0 Å². The number of ether oxygens (including phenoxy) is 19. The molecule has 0 bridgehead atoms. The van der Waals surface area contributed by atoms with Crippen LogP contribution < -0.4 is 16.0 Å². The second-order valence-electron chi connectivity index (χ2n) is 30.2. The summed E-state index contributed by atoms with van der Waals surface area (Å²) in [4.78, 5) is 40.0. The number of rotatable bonds is 29. The molecule has 10 rings (SSSR count). The lowest BCUT2D eigenvalue weighted by Gasteiger charge is -2.52. The van der Waals surface area contributed by atoms with Gasteiger partial charge >= 0.3 is 0 Å². The molecule has 10 aliphatic heterocycles. The summed E-state index contributed by atoms with van der Waals surface area (Å²) in [5.74, 6) is -2.95. The Morgan fingerprint density at radius 3 is 0.907 bits per heavy atom. The fourth-order valence-corrected chi connectivity index (χ4v) is 15.4. The molecule has 0 aromatic rings. The van der Waals surface area contributed by atoms with Gasteiger partial charge in [0.15, 0.2) is 62.9 Å². The van der Waals surface area contributed by atoms with E-state index >= 15 is 0 Å². The van der Waals surface area contributed by atoms with E-state index in [0.717, 1.165) is 20.8 Å². The first kappa shape index (κ1) is 96.8. The number of aliphatic hydroxyl groups is 27. The second kappa shape index (κ2) is 41.8. The molecule has 50 atom stereocenters. The topological polar surface area (TPSA) is 809 Å². The molecule has 52 nitrogen and oxygen atoms in total. The molecule has 0 aliphatic carbocycles. The van der Waals surface area contributed by atoms with Gasteiger partial charge in [-0.2, -0.15) is 0 Å². The van der Waals surface area contributed by atoms with Crippen molar-refractivity contribution < 1.29 is 242 Å². The van der Waals surface area contributed by atoms with Gasteiger partial charge in [-0.05, 0) is 13.8 Å². The molecule has 10 saturated heterocycles. The zero-order valence-electron chi connectivity index (χ0n) is 63.6. The van der Waals surface area contributed by atoms with Gasteiger partial charge in [0.25, 0.3) is 0 Å². The first-order chi connectivity index (χ1) is 55.8. The van der Waals surface area contributed by atoms with Crippen LogP contribution >= 0.6 is 0 Å². The molecule has 0 spiro atoms. The smallest absolute Gasteiger partial charge is 0.217 e. The van der Waals surface area contributed by atoms with Crippen molar-refractivity contribution in [1.82, 2.24) is 16.0 Å². The van der Waals surface area contributed by atoms with E-state index in [4.69, 9.17) is 90.0 Å². The summed E-state index contributed by atoms with van der Waals surface area (Å²) in [6.07, 6.45) is -96.6. The van der Waals surface area contributed by atoms with Crippen molar-refractivity contribution in [2.45, 2.75) is 341 Å². The van der Waals surface area contributed by atoms with Crippen molar-refractivity contribution in [2.75, 3.05) is 52.9 Å². The van der Waals surface area contributed by atoms with Gasteiger partial charge in [-0.15, -0.1) is 0 Å². The summed E-state index contributed by atoms with van der Waals surface area (Å²) in [5.41, 5.74) is 0. The highest BCUT2D eigenvalue weighted by molar-refractivity contribution is 5.74. The van der Waals surface area contributed by atoms with Crippen molar-refractivity contribution in [3.63, 3.8) is 0 Å². The molecule has 0 radical (unpaired) electrons. The Kier molecular flexibility index (Phi) is 34.3. The summed E-state index contributed by atoms with van der Waals surface area (Å²) in [6.45, 7) is -3.73. The normalized spacial score (nSPS) is 51.1. The predicted octanol–water partition coefficient (Wildman–Crippen LogP) is -20.3. The highest BCUT2D eigenvalue weighted by Crippen LogP contribution is 2.41. The van der Waals surface area contributed by atoms with Crippen molar-refractivity contribution in [1.29, 1.82) is 0 Å². The van der Waals surface area contributed by atoms with Crippen LogP contribution in [0.2, 0.25) is 0 Å². The third-order valence-corrected chi connectivity index (χ3v) is 22.0. The Morgan fingerprint density at radius 2 is 0.508 bits per heavy atom. The minimum atomic E-state index is -2.50. The molecular formula is C66H111N3O49. The fourth-order valence-electron chi connectivity index (χ4n) is 15.4. The number of hydrogen-bond acceptors (Lipinski definition) is 49. The number of carbonyl (C=O) groups excluding carboxylic acids is 3. The monoisotopic (exact) mass is 1730 g/mol. The maximum absolute atomic E-state index is 13.7. The molecule has 10 heterocycles. The first-order valence-electron chi connectivity index (χ1n) is 37.9. The molecule has 3 amide bonds. The molecule has 684 valence electrons. The van der Waals surface area contributed by atoms with Crippen molar-refractivity contribution in [2.24, 2.45) is 0 Å². The first-order valence-corrected chi connectivity index (χ1v) is 37.9. The van der Waals surface area contributed by atoms with Crippen LogP contribution in [0.15, 0.2) is 0 Å². The maximum Gasteiger partial charge on any atom is 0.217 e. The van der Waals surface area contributed by atoms with Gasteiger partial charge in [0, 0.05) is 20.8 Å². The molecular weight excluding hydrogens is 1620 g/mol. The van der Waals surface area contributed by atoms with E-state index in [2.05, 4.69) is 16.0 Å². The van der Waals surface area contributed by atoms with E-state index in [-0.39, 0.29) is 0 Å². The summed E-state index contributed by atoms with van der Waals surface area (Å²) < 4.78 is 114. The highest BCUT2D eigenvalue weighted by atomic mass is 16.8. The number of nitrogens with one attached hydrogen (secondary N) is 3. The average Bonchev–Trinajstić information content (AvgIpc) is 0.762. The standard InChI is InChI=1S/C66H111N3O49/c1-14-30(80)37(87)43(93)61(101-14)113-52-25(12-76)109-60(29(69-18(5)79)54(52)116-64-46(96)40(90)33(83)20(7-71)105-64)118-55-34(84)21(8-72)106-65(47(55)97)114-51-24(11-75)107-58(28(68-17(4)78)53(51)115-62-44(94)38(88)31(81)15(2)102-62)100-13-26-35(85)56(48(98)66(110-26)112-50-22(9-73)103-57(99)42(92)41(50)91)117-59-27(67-16(3)77)36(86)49(23(10-74)108-59)111-63-45(95)39(89)32(82)19(6-70)104-63/h14-15,19-66,70-76,80-99H,6-13H2,1-5H3,(H,67,77)(H,68,78)(H,69,79)/t14-,15-,19+,20+,21+,22+,23+,24+,25+,26+,27+,28+,29+,30+,31+,32-,33-,34-,35-,36+,37+,38+,39-,40-,41+,42+,43-,44-,45+,46+,47+,48+,49+,50+,51+,52+,53+,54+,55-,56-,57?,58+,59-,60-,61-,62-,63-,64-,65?,66-/m0/s1. The SMILES string of the molecule is CC(=O)N[C@H]1[C@H](O[C@H]2[C@@H](O)[C@@H](CO[C@@H]3O[C@H](CO)[C@@H](OC4O[C@H](CO)[C@H](O)[C@H](O[C@@H]5O[C@H](CO)[C@@H](O[C@@H]6O[C@@H](C)[C@@H](O)[C@@H](O)[C@@H]6O)[C@H](O[C@@H]6O[C@H](CO)[C@H](O)[C@H](O)[C@H]6O)[C@H]5NC(C)=O)[C@H]4O)[C@H](O[C@@H]4O[C@@H](C)[C@@H](O)[C@@H](O)[C@@H]4O)[C@H]3NC(C)=O)O[C@@H](O[C@H]3[C@H](O)[C@@H](O)C(O)O[C@@H]3CO)[C@@H]2O)O[C@H](CO)[C@@H](O[C@@H]2O[C@H](CO)[C@H](O)[C@H](O)[C@H]2O)[C@@H]1O. The van der Waals surface area contributed by atoms with E-state index in [1.54, 1.807) is 0 Å². The average molecular weight is 1730 g/mol. The Balaban J connectivity index is 0.975. The molecule has 0 aromatic carbocycles. The summed E-state index contributed by atoms with van der Waals surface area (Å²) in [6, 6.07) is -5.95. The summed E-state index contributed by atoms with van der Waals surface area (Å²) in [7, 11) is 0. The molecule has 0 saturated carbocycles. The van der Waals surface area contributed by atoms with Crippen molar-refractivity contribution in [3.8, 4) is 0 Å². The second-order valence-corrected chi connectivity index (χ2v) is 30.2. The van der Waals surface area contributed by atoms with E-state index in [9.17, 15) is 152 Å². The third kappa shape index (κ3) is 20.8. The van der Waals surface area contributed by atoms with Gasteiger partial charge in [0.05, 0.1) is 65.1 Å². The Bertz CT molecular complexity index is 3140. The lowest BCUT2D eigenvalue weighted by molar-refractivity contribution is -0.396. The fraction of sp³-hybridized carbons (Fsp3) is 0.955. The number of amides is 3. The molecule has 0 aromatic heterocycles. The molecule has 30 N–H and O–H groups in total. The lowest BCUT2D eigenvalue weighted by Crippen LogP contribution is -2.72. The van der Waals surface area contributed by atoms with Gasteiger partial charge in [0.2, 0.25) is 17.7 Å². The van der Waals surface area contributed by atoms with Crippen LogP contribution in [-0.2, 0) is 104 Å². The molecule has 118 heavy (non-hydrogen) atoms. The predicted molar refractivity (Wildman–Crippen MR) is 362 cm³/mol. The quantitative estimate of drug-likeness (QED) is 0.0331. The van der Waals surface area contributed by atoms with Gasteiger partial charge in [-0.3, -0.25) is 14.4 Å². The minimum absolute atomic E-state index is 0.918. The zero-order valence-corrected chi connectivity index (χ0v) is 63.6. The van der Waals surface area contributed by atoms with Crippen LogP contribution in [0.25, 0.3) is 0 Å². The molecule has 2 unspecified atom stereocenters. The molecule has 10 fully saturated rings. The summed E-state index contributed by atoms with van der Waals surface area (Å²) in [5, 5.41) is 306. The van der Waals surface area contributed by atoms with Gasteiger partial charge in [0.1, 0.15) is 232 Å². The van der Waals surface area contributed by atoms with Crippen LogP contribution in [0.5, 0.6) is 0 Å². The third-order valence-electron chi connectivity index (χ3n) is 22.0. The van der Waals surface area contributed by atoms with Gasteiger partial charge in [-0.25, -0.2) is 0 Å². The van der Waals surface area contributed by atoms with Crippen molar-refractivity contribution in [3.05, 3.63) is 0 Å². The van der Waals surface area contributed by atoms with E-state index in [0.29, 0.717) is 0 Å². The zero-order chi connectivity index (χ0) is 86.8. The highest BCUT2D eigenvalue weighted by Gasteiger charge is 2.62. The number of aliphatic hydroxyl groups excluding tert-OH is 27. The largest absolute Gasteiger partial charge is 0.394 e. The maximum atomic E-state index is 13.7. The lowest BCUT2D eigenvalue weighted by atomic mass is 9.93. The number of carbonyl (C=O) groups is 3. The van der Waals surface area contributed by atoms with Gasteiger partial charge < -0.3 is 244 Å². The molecule has 10 aliphatic rings. The van der Waals surface area contributed by atoms with Crippen LogP contribution in [0.4, 0.5) is 0 Å². The van der Waals surface area contributed by atoms with Crippen molar-refractivity contribution >= 4 is 17.7 Å². The Morgan fingerprint density at radius 1 is 0.237 bits per heavy atom. The minimum Gasteiger partial charge on any atom is -0.394 e. The van der Waals surface area contributed by atoms with E-state index in [1.165, 1.54) is 13.8 Å². The Labute approximate surface area is 668 Å². The molecule has 52 heteroatoms. The Hall–Kier alpha value is -3.43. The van der Waals surface area contributed by atoms with Crippen LogP contribution in [0.3, 0.4) is 0 Å². The van der Waals surface area contributed by atoms with Gasteiger partial charge in [-0.1, -0.05) is 0 Å². The van der Waals surface area contributed by atoms with Crippen LogP contribution in [-0.4, -0.2) is 515 Å². The van der Waals surface area contributed by atoms with E-state index < -0.39 is 377 Å². The van der Waals surface area contributed by atoms with Crippen LogP contribution in [0.1, 0.15) is 34.6 Å². The number of hydrogen-bond donors (Lipinski definition) is 30.